The van der Waals surface area contributed by atoms with Gasteiger partial charge in [-0.2, -0.15) is 0 Å². The number of hydrogen-bond donors (Lipinski definition) is 3. The van der Waals surface area contributed by atoms with Crippen LogP contribution in [-0.4, -0.2) is 19.3 Å². The highest BCUT2D eigenvalue weighted by Gasteiger charge is 2.10. The van der Waals surface area contributed by atoms with E-state index in [9.17, 15) is 13.2 Å². The molecule has 0 radical (unpaired) electrons. The van der Waals surface area contributed by atoms with Crippen molar-refractivity contribution in [2.24, 2.45) is 5.14 Å². The average molecular weight is 265 g/mol. The van der Waals surface area contributed by atoms with Crippen LogP contribution in [0.2, 0.25) is 0 Å². The quantitative estimate of drug-likeness (QED) is 0.768. The van der Waals surface area contributed by atoms with Gasteiger partial charge in [0.1, 0.15) is 5.69 Å². The maximum atomic E-state index is 11.7. The van der Waals surface area contributed by atoms with E-state index in [1.807, 2.05) is 0 Å². The molecule has 1 heterocycles. The summed E-state index contributed by atoms with van der Waals surface area (Å²) in [6, 6.07) is 9.05. The van der Waals surface area contributed by atoms with Crippen LogP contribution in [0.15, 0.2) is 47.5 Å². The highest BCUT2D eigenvalue weighted by molar-refractivity contribution is 7.89. The number of anilines is 1. The van der Waals surface area contributed by atoms with Crippen molar-refractivity contribution < 1.29 is 13.2 Å². The van der Waals surface area contributed by atoms with Gasteiger partial charge in [-0.25, -0.2) is 13.6 Å². The molecule has 1 aromatic heterocycles. The monoisotopic (exact) mass is 265 g/mol. The Labute approximate surface area is 104 Å². The fourth-order valence-electron chi connectivity index (χ4n) is 1.42. The van der Waals surface area contributed by atoms with Gasteiger partial charge in [-0.1, -0.05) is 6.07 Å². The zero-order valence-electron chi connectivity index (χ0n) is 9.25. The molecule has 1 amide bonds. The maximum Gasteiger partial charge on any atom is 0.272 e. The first-order chi connectivity index (χ1) is 8.47. The zero-order chi connectivity index (χ0) is 13.2. The fourth-order valence-corrected chi connectivity index (χ4v) is 1.98. The van der Waals surface area contributed by atoms with Gasteiger partial charge in [0.2, 0.25) is 10.0 Å². The highest BCUT2D eigenvalue weighted by atomic mass is 32.2. The van der Waals surface area contributed by atoms with Crippen LogP contribution >= 0.6 is 0 Å². The van der Waals surface area contributed by atoms with Crippen LogP contribution in [0.3, 0.4) is 0 Å². The molecule has 0 aliphatic rings. The molecule has 0 bridgehead atoms. The van der Waals surface area contributed by atoms with Gasteiger partial charge < -0.3 is 10.3 Å². The Morgan fingerprint density at radius 2 is 2.00 bits per heavy atom. The van der Waals surface area contributed by atoms with E-state index in [2.05, 4.69) is 10.3 Å². The molecule has 0 unspecified atom stereocenters. The molecule has 2 rings (SSSR count). The molecule has 0 atom stereocenters. The summed E-state index contributed by atoms with van der Waals surface area (Å²) >= 11 is 0. The van der Waals surface area contributed by atoms with Crippen LogP contribution in [0.4, 0.5) is 5.69 Å². The second kappa shape index (κ2) is 4.63. The molecule has 0 aliphatic heterocycles. The van der Waals surface area contributed by atoms with Crippen molar-refractivity contribution in [2.75, 3.05) is 5.32 Å². The minimum Gasteiger partial charge on any atom is -0.357 e. The van der Waals surface area contributed by atoms with Crippen molar-refractivity contribution in [3.63, 3.8) is 0 Å². The number of amides is 1. The Balaban J connectivity index is 2.23. The molecule has 7 heteroatoms. The SMILES string of the molecule is NS(=O)(=O)c1cccc(NC(=O)c2ccc[nH]2)c1. The van der Waals surface area contributed by atoms with E-state index < -0.39 is 10.0 Å². The number of carbonyl (C=O) groups excluding carboxylic acids is 1. The maximum absolute atomic E-state index is 11.7. The molecule has 6 nitrogen and oxygen atoms in total. The number of carbonyl (C=O) groups is 1. The first kappa shape index (κ1) is 12.3. The summed E-state index contributed by atoms with van der Waals surface area (Å²) in [5, 5.41) is 7.57. The zero-order valence-corrected chi connectivity index (χ0v) is 10.1. The summed E-state index contributed by atoms with van der Waals surface area (Å²) in [5.41, 5.74) is 0.747. The van der Waals surface area contributed by atoms with Crippen LogP contribution < -0.4 is 10.5 Å². The van der Waals surface area contributed by atoms with E-state index in [4.69, 9.17) is 5.14 Å². The number of aromatic amines is 1. The van der Waals surface area contributed by atoms with Crippen molar-refractivity contribution in [1.82, 2.24) is 4.98 Å². The lowest BCUT2D eigenvalue weighted by atomic mass is 10.3. The number of sulfonamides is 1. The summed E-state index contributed by atoms with van der Waals surface area (Å²) in [6.45, 7) is 0. The molecule has 0 aliphatic carbocycles. The number of H-pyrrole nitrogens is 1. The highest BCUT2D eigenvalue weighted by Crippen LogP contribution is 2.14. The molecular formula is C11H11N3O3S. The van der Waals surface area contributed by atoms with Gasteiger partial charge in [0, 0.05) is 11.9 Å². The summed E-state index contributed by atoms with van der Waals surface area (Å²) in [4.78, 5) is 14.4. The molecule has 0 saturated carbocycles. The molecular weight excluding hydrogens is 254 g/mol. The summed E-state index contributed by atoms with van der Waals surface area (Å²) in [7, 11) is -3.77. The van der Waals surface area contributed by atoms with Gasteiger partial charge in [-0.3, -0.25) is 4.79 Å². The van der Waals surface area contributed by atoms with Crippen molar-refractivity contribution >= 4 is 21.6 Å². The van der Waals surface area contributed by atoms with Crippen LogP contribution in [0.5, 0.6) is 0 Å². The fraction of sp³-hybridized carbons (Fsp3) is 0. The number of aromatic nitrogens is 1. The lowest BCUT2D eigenvalue weighted by molar-refractivity contribution is 0.102. The third kappa shape index (κ3) is 2.76. The molecule has 1 aromatic carbocycles. The minimum atomic E-state index is -3.77. The van der Waals surface area contributed by atoms with Gasteiger partial charge in [0.05, 0.1) is 4.90 Å². The summed E-state index contributed by atoms with van der Waals surface area (Å²) < 4.78 is 22.3. The first-order valence-corrected chi connectivity index (χ1v) is 6.59. The molecule has 4 N–H and O–H groups in total. The van der Waals surface area contributed by atoms with Crippen molar-refractivity contribution in [3.05, 3.63) is 48.3 Å². The van der Waals surface area contributed by atoms with E-state index >= 15 is 0 Å². The summed E-state index contributed by atoms with van der Waals surface area (Å²) in [6.07, 6.45) is 1.62. The molecule has 0 fully saturated rings. The lowest BCUT2D eigenvalue weighted by Gasteiger charge is -2.05. The standard InChI is InChI=1S/C11H11N3O3S/c12-18(16,17)9-4-1-3-8(7-9)14-11(15)10-5-2-6-13-10/h1-7,13H,(H,14,15)(H2,12,16,17). The Bertz CT molecular complexity index is 663. The molecule has 18 heavy (non-hydrogen) atoms. The third-order valence-electron chi connectivity index (χ3n) is 2.26. The number of rotatable bonds is 3. The summed E-state index contributed by atoms with van der Waals surface area (Å²) in [5.74, 6) is -0.355. The van der Waals surface area contributed by atoms with Gasteiger partial charge in [0.15, 0.2) is 0 Å². The van der Waals surface area contributed by atoms with Crippen molar-refractivity contribution in [1.29, 1.82) is 0 Å². The van der Waals surface area contributed by atoms with E-state index in [-0.39, 0.29) is 10.8 Å². The van der Waals surface area contributed by atoms with Gasteiger partial charge in [-0.05, 0) is 30.3 Å². The first-order valence-electron chi connectivity index (χ1n) is 5.04. The molecule has 0 saturated heterocycles. The smallest absolute Gasteiger partial charge is 0.272 e. The van der Waals surface area contributed by atoms with Crippen LogP contribution in [0.1, 0.15) is 10.5 Å². The van der Waals surface area contributed by atoms with Crippen LogP contribution in [0, 0.1) is 0 Å². The second-order valence-corrected chi connectivity index (χ2v) is 5.17. The largest absolute Gasteiger partial charge is 0.357 e. The predicted molar refractivity (Wildman–Crippen MR) is 66.6 cm³/mol. The minimum absolute atomic E-state index is 0.0493. The number of nitrogens with two attached hydrogens (primary N) is 1. The van der Waals surface area contributed by atoms with Gasteiger partial charge in [-0.15, -0.1) is 0 Å². The topological polar surface area (TPSA) is 105 Å². The Hall–Kier alpha value is -2.12. The van der Waals surface area contributed by atoms with E-state index in [0.29, 0.717) is 11.4 Å². The predicted octanol–water partition coefficient (Wildman–Crippen LogP) is 0.914. The number of benzene rings is 1. The Morgan fingerprint density at radius 1 is 1.22 bits per heavy atom. The average Bonchev–Trinajstić information content (AvgIpc) is 2.81. The lowest BCUT2D eigenvalue weighted by Crippen LogP contribution is -2.15. The van der Waals surface area contributed by atoms with E-state index in [1.54, 1.807) is 24.4 Å². The number of nitrogens with one attached hydrogen (secondary N) is 2. The van der Waals surface area contributed by atoms with E-state index in [1.165, 1.54) is 18.2 Å². The van der Waals surface area contributed by atoms with Crippen LogP contribution in [0.25, 0.3) is 0 Å². The van der Waals surface area contributed by atoms with Crippen molar-refractivity contribution in [2.45, 2.75) is 4.90 Å². The van der Waals surface area contributed by atoms with Gasteiger partial charge >= 0.3 is 0 Å². The Kier molecular flexibility index (Phi) is 3.17. The number of primary sulfonamides is 1. The van der Waals surface area contributed by atoms with Gasteiger partial charge in [0.25, 0.3) is 5.91 Å². The third-order valence-corrected chi connectivity index (χ3v) is 3.17. The Morgan fingerprint density at radius 3 is 2.61 bits per heavy atom. The van der Waals surface area contributed by atoms with Crippen LogP contribution in [-0.2, 0) is 10.0 Å². The molecule has 2 aromatic rings. The molecule has 94 valence electrons. The van der Waals surface area contributed by atoms with Crippen molar-refractivity contribution in [3.8, 4) is 0 Å². The second-order valence-electron chi connectivity index (χ2n) is 3.61. The normalized spacial score (nSPS) is 11.2. The van der Waals surface area contributed by atoms with E-state index in [0.717, 1.165) is 0 Å². The molecule has 0 spiro atoms. The number of hydrogen-bond acceptors (Lipinski definition) is 3.